The molecule has 0 bridgehead atoms. The van der Waals surface area contributed by atoms with E-state index in [-0.39, 0.29) is 16.8 Å². The van der Waals surface area contributed by atoms with Gasteiger partial charge >= 0.3 is 5.63 Å². The summed E-state index contributed by atoms with van der Waals surface area (Å²) in [5.74, 6) is 0. The monoisotopic (exact) mass is 281 g/mol. The SMILES string of the molecule is Cc1ccc2oc(=O)c(-c3ccccc3[N+](=O)[O-])cc2c1. The van der Waals surface area contributed by atoms with E-state index in [0.29, 0.717) is 5.58 Å². The van der Waals surface area contributed by atoms with Gasteiger partial charge in [-0.2, -0.15) is 0 Å². The molecule has 5 heteroatoms. The highest BCUT2D eigenvalue weighted by atomic mass is 16.6. The Kier molecular flexibility index (Phi) is 3.02. The summed E-state index contributed by atoms with van der Waals surface area (Å²) in [4.78, 5) is 22.7. The van der Waals surface area contributed by atoms with Crippen LogP contribution in [0.25, 0.3) is 22.1 Å². The second-order valence-electron chi connectivity index (χ2n) is 4.76. The molecule has 21 heavy (non-hydrogen) atoms. The molecule has 0 unspecified atom stereocenters. The maximum atomic E-state index is 12.1. The number of aryl methyl sites for hydroxylation is 1. The van der Waals surface area contributed by atoms with Crippen LogP contribution in [-0.2, 0) is 0 Å². The van der Waals surface area contributed by atoms with Crippen molar-refractivity contribution in [3.05, 3.63) is 74.6 Å². The van der Waals surface area contributed by atoms with Crippen molar-refractivity contribution in [1.29, 1.82) is 0 Å². The van der Waals surface area contributed by atoms with Crippen molar-refractivity contribution in [2.75, 3.05) is 0 Å². The molecule has 0 saturated heterocycles. The number of para-hydroxylation sites is 1. The van der Waals surface area contributed by atoms with Gasteiger partial charge in [0.25, 0.3) is 5.69 Å². The third kappa shape index (κ3) is 2.29. The van der Waals surface area contributed by atoms with Crippen molar-refractivity contribution in [2.24, 2.45) is 0 Å². The summed E-state index contributed by atoms with van der Waals surface area (Å²) in [5, 5.41) is 11.8. The molecule has 1 heterocycles. The minimum absolute atomic E-state index is 0.114. The molecule has 3 rings (SSSR count). The zero-order chi connectivity index (χ0) is 15.0. The second-order valence-corrected chi connectivity index (χ2v) is 4.76. The first-order valence-corrected chi connectivity index (χ1v) is 6.34. The zero-order valence-corrected chi connectivity index (χ0v) is 11.2. The summed E-state index contributed by atoms with van der Waals surface area (Å²) in [5.41, 5.74) is 1.25. The van der Waals surface area contributed by atoms with E-state index in [0.717, 1.165) is 10.9 Å². The Hall–Kier alpha value is -2.95. The zero-order valence-electron chi connectivity index (χ0n) is 11.2. The predicted molar refractivity (Wildman–Crippen MR) is 79.3 cm³/mol. The Labute approximate surface area is 119 Å². The van der Waals surface area contributed by atoms with Gasteiger partial charge in [0.15, 0.2) is 0 Å². The minimum atomic E-state index is -0.583. The summed E-state index contributed by atoms with van der Waals surface area (Å²) in [6.45, 7) is 1.93. The fourth-order valence-corrected chi connectivity index (χ4v) is 2.29. The fourth-order valence-electron chi connectivity index (χ4n) is 2.29. The fraction of sp³-hybridized carbons (Fsp3) is 0.0625. The van der Waals surface area contributed by atoms with Crippen molar-refractivity contribution in [3.8, 4) is 11.1 Å². The first kappa shape index (κ1) is 13.1. The molecule has 0 aliphatic carbocycles. The molecule has 0 fully saturated rings. The molecular formula is C16H11NO4. The number of rotatable bonds is 2. The number of hydrogen-bond acceptors (Lipinski definition) is 4. The van der Waals surface area contributed by atoms with E-state index in [1.807, 2.05) is 19.1 Å². The average molecular weight is 281 g/mol. The highest BCUT2D eigenvalue weighted by molar-refractivity contribution is 5.84. The van der Waals surface area contributed by atoms with E-state index >= 15 is 0 Å². The molecule has 0 radical (unpaired) electrons. The van der Waals surface area contributed by atoms with E-state index < -0.39 is 10.5 Å². The van der Waals surface area contributed by atoms with Crippen LogP contribution in [-0.4, -0.2) is 4.92 Å². The first-order chi connectivity index (χ1) is 10.1. The molecule has 104 valence electrons. The number of benzene rings is 2. The third-order valence-corrected chi connectivity index (χ3v) is 3.28. The topological polar surface area (TPSA) is 73.3 Å². The van der Waals surface area contributed by atoms with Crippen LogP contribution in [0.2, 0.25) is 0 Å². The Morgan fingerprint density at radius 3 is 2.57 bits per heavy atom. The van der Waals surface area contributed by atoms with Gasteiger partial charge in [0.2, 0.25) is 0 Å². The van der Waals surface area contributed by atoms with Gasteiger partial charge in [0.1, 0.15) is 5.58 Å². The van der Waals surface area contributed by atoms with Gasteiger partial charge in [0, 0.05) is 11.5 Å². The smallest absolute Gasteiger partial charge is 0.344 e. The molecule has 0 saturated carbocycles. The van der Waals surface area contributed by atoms with Gasteiger partial charge in [-0.05, 0) is 31.2 Å². The molecule has 0 aliphatic rings. The van der Waals surface area contributed by atoms with Crippen LogP contribution in [0, 0.1) is 17.0 Å². The van der Waals surface area contributed by atoms with Crippen LogP contribution in [0.4, 0.5) is 5.69 Å². The maximum absolute atomic E-state index is 12.1. The van der Waals surface area contributed by atoms with Crippen LogP contribution in [0.15, 0.2) is 57.7 Å². The van der Waals surface area contributed by atoms with Crippen LogP contribution in [0.5, 0.6) is 0 Å². The van der Waals surface area contributed by atoms with Gasteiger partial charge < -0.3 is 4.42 Å². The number of nitro benzene ring substituents is 1. The predicted octanol–water partition coefficient (Wildman–Crippen LogP) is 3.68. The van der Waals surface area contributed by atoms with E-state index in [1.54, 1.807) is 30.3 Å². The number of hydrogen-bond donors (Lipinski definition) is 0. The lowest BCUT2D eigenvalue weighted by Gasteiger charge is -2.04. The van der Waals surface area contributed by atoms with Gasteiger partial charge in [0.05, 0.1) is 16.1 Å². The largest absolute Gasteiger partial charge is 0.422 e. The Balaban J connectivity index is 2.33. The van der Waals surface area contributed by atoms with Gasteiger partial charge in [-0.25, -0.2) is 4.79 Å². The molecular weight excluding hydrogens is 270 g/mol. The van der Waals surface area contributed by atoms with Crippen molar-refractivity contribution in [2.45, 2.75) is 6.92 Å². The van der Waals surface area contributed by atoms with Crippen LogP contribution in [0.1, 0.15) is 5.56 Å². The van der Waals surface area contributed by atoms with Gasteiger partial charge in [-0.15, -0.1) is 0 Å². The first-order valence-electron chi connectivity index (χ1n) is 6.34. The molecule has 0 atom stereocenters. The van der Waals surface area contributed by atoms with Crippen LogP contribution < -0.4 is 5.63 Å². The normalized spacial score (nSPS) is 10.7. The molecule has 0 spiro atoms. The lowest BCUT2D eigenvalue weighted by molar-refractivity contribution is -0.384. The molecule has 3 aromatic rings. The van der Waals surface area contributed by atoms with Crippen LogP contribution in [0.3, 0.4) is 0 Å². The second kappa shape index (κ2) is 4.86. The summed E-state index contributed by atoms with van der Waals surface area (Å²) >= 11 is 0. The van der Waals surface area contributed by atoms with E-state index in [9.17, 15) is 14.9 Å². The molecule has 5 nitrogen and oxygen atoms in total. The van der Waals surface area contributed by atoms with Crippen molar-refractivity contribution in [1.82, 2.24) is 0 Å². The van der Waals surface area contributed by atoms with Crippen LogP contribution >= 0.6 is 0 Å². The Bertz CT molecular complexity index is 912. The van der Waals surface area contributed by atoms with E-state index in [1.165, 1.54) is 6.07 Å². The Morgan fingerprint density at radius 2 is 1.81 bits per heavy atom. The van der Waals surface area contributed by atoms with E-state index in [4.69, 9.17) is 4.42 Å². The highest BCUT2D eigenvalue weighted by Crippen LogP contribution is 2.29. The average Bonchev–Trinajstić information content (AvgIpc) is 2.47. The number of nitrogens with zero attached hydrogens (tertiary/aromatic N) is 1. The highest BCUT2D eigenvalue weighted by Gasteiger charge is 2.18. The van der Waals surface area contributed by atoms with Crippen molar-refractivity contribution in [3.63, 3.8) is 0 Å². The molecule has 0 N–H and O–H groups in total. The minimum Gasteiger partial charge on any atom is -0.422 e. The summed E-state index contributed by atoms with van der Waals surface area (Å²) in [6.07, 6.45) is 0. The van der Waals surface area contributed by atoms with Gasteiger partial charge in [-0.1, -0.05) is 23.8 Å². The molecule has 1 aromatic heterocycles. The summed E-state index contributed by atoms with van der Waals surface area (Å²) in [6, 6.07) is 13.2. The Morgan fingerprint density at radius 1 is 1.05 bits per heavy atom. The molecule has 2 aromatic carbocycles. The molecule has 0 amide bonds. The lowest BCUT2D eigenvalue weighted by atomic mass is 10.0. The number of nitro groups is 1. The maximum Gasteiger partial charge on any atom is 0.344 e. The third-order valence-electron chi connectivity index (χ3n) is 3.28. The lowest BCUT2D eigenvalue weighted by Crippen LogP contribution is -2.04. The summed E-state index contributed by atoms with van der Waals surface area (Å²) in [7, 11) is 0. The number of fused-ring (bicyclic) bond motifs is 1. The quantitative estimate of drug-likeness (QED) is 0.408. The molecule has 0 aliphatic heterocycles. The standard InChI is InChI=1S/C16H11NO4/c1-10-6-7-15-11(8-10)9-13(16(18)21-15)12-4-2-3-5-14(12)17(19)20/h2-9H,1H3. The van der Waals surface area contributed by atoms with E-state index in [2.05, 4.69) is 0 Å². The van der Waals surface area contributed by atoms with Crippen molar-refractivity contribution < 1.29 is 9.34 Å². The van der Waals surface area contributed by atoms with Crippen molar-refractivity contribution >= 4 is 16.7 Å². The summed E-state index contributed by atoms with van der Waals surface area (Å²) < 4.78 is 5.26. The van der Waals surface area contributed by atoms with Gasteiger partial charge in [-0.3, -0.25) is 10.1 Å².